The van der Waals surface area contributed by atoms with Gasteiger partial charge in [-0.1, -0.05) is 18.2 Å². The maximum absolute atomic E-state index is 11.0. The third kappa shape index (κ3) is 3.99. The summed E-state index contributed by atoms with van der Waals surface area (Å²) in [7, 11) is 4.00. The van der Waals surface area contributed by atoms with Gasteiger partial charge in [0.15, 0.2) is 0 Å². The first-order valence-electron chi connectivity index (χ1n) is 6.98. The van der Waals surface area contributed by atoms with Crippen LogP contribution in [0.3, 0.4) is 0 Å². The Morgan fingerprint density at radius 3 is 2.32 bits per heavy atom. The van der Waals surface area contributed by atoms with Gasteiger partial charge in [0.1, 0.15) is 12.4 Å². The number of nitrogen functional groups attached to an aromatic ring is 1. The number of anilines is 1. The molecular weight excluding hydrogens is 280 g/mol. The zero-order chi connectivity index (χ0) is 16.1. The van der Waals surface area contributed by atoms with Crippen LogP contribution in [0.25, 0.3) is 11.1 Å². The van der Waals surface area contributed by atoms with E-state index in [1.54, 1.807) is 12.1 Å². The summed E-state index contributed by atoms with van der Waals surface area (Å²) in [6.45, 7) is 1.49. The van der Waals surface area contributed by atoms with Gasteiger partial charge in [0.25, 0.3) is 0 Å². The minimum Gasteiger partial charge on any atom is -0.492 e. The van der Waals surface area contributed by atoms with Crippen molar-refractivity contribution < 1.29 is 14.6 Å². The number of ether oxygens (including phenoxy) is 1. The second-order valence-corrected chi connectivity index (χ2v) is 5.28. The highest BCUT2D eigenvalue weighted by molar-refractivity contribution is 5.94. The predicted octanol–water partition coefficient (Wildman–Crippen LogP) is 2.57. The van der Waals surface area contributed by atoms with Gasteiger partial charge in [0, 0.05) is 12.2 Å². The van der Waals surface area contributed by atoms with E-state index in [0.717, 1.165) is 23.4 Å². The van der Waals surface area contributed by atoms with Gasteiger partial charge in [0.2, 0.25) is 0 Å². The van der Waals surface area contributed by atoms with Crippen LogP contribution in [-0.4, -0.2) is 43.2 Å². The van der Waals surface area contributed by atoms with Crippen molar-refractivity contribution in [3.63, 3.8) is 0 Å². The molecule has 0 fully saturated rings. The number of carboxylic acid groups (broad SMARTS) is 1. The van der Waals surface area contributed by atoms with Gasteiger partial charge < -0.3 is 20.5 Å². The molecule has 0 spiro atoms. The number of benzene rings is 2. The fourth-order valence-electron chi connectivity index (χ4n) is 2.03. The Hall–Kier alpha value is -2.53. The smallest absolute Gasteiger partial charge is 0.337 e. The van der Waals surface area contributed by atoms with Crippen LogP contribution in [0, 0.1) is 0 Å². The number of rotatable bonds is 6. The van der Waals surface area contributed by atoms with Gasteiger partial charge in [-0.05, 0) is 49.5 Å². The van der Waals surface area contributed by atoms with Gasteiger partial charge >= 0.3 is 5.97 Å². The second-order valence-electron chi connectivity index (χ2n) is 5.28. The lowest BCUT2D eigenvalue weighted by molar-refractivity contribution is 0.0698. The molecule has 22 heavy (non-hydrogen) atoms. The van der Waals surface area contributed by atoms with Gasteiger partial charge in [-0.3, -0.25) is 0 Å². The van der Waals surface area contributed by atoms with Crippen molar-refractivity contribution in [1.82, 2.24) is 4.90 Å². The van der Waals surface area contributed by atoms with Crippen molar-refractivity contribution in [3.05, 3.63) is 48.0 Å². The summed E-state index contributed by atoms with van der Waals surface area (Å²) >= 11 is 0. The minimum atomic E-state index is -1.02. The van der Waals surface area contributed by atoms with Crippen molar-refractivity contribution in [3.8, 4) is 16.9 Å². The predicted molar refractivity (Wildman–Crippen MR) is 87.3 cm³/mol. The highest BCUT2D eigenvalue weighted by Gasteiger charge is 2.09. The molecule has 0 saturated heterocycles. The van der Waals surface area contributed by atoms with E-state index in [0.29, 0.717) is 6.61 Å². The Labute approximate surface area is 129 Å². The first-order chi connectivity index (χ1) is 10.5. The number of carbonyl (C=O) groups is 1. The Kier molecular flexibility index (Phi) is 5.01. The van der Waals surface area contributed by atoms with Crippen molar-refractivity contribution in [2.45, 2.75) is 0 Å². The number of nitrogens with two attached hydrogens (primary N) is 1. The van der Waals surface area contributed by atoms with E-state index in [9.17, 15) is 4.79 Å². The molecule has 0 amide bonds. The van der Waals surface area contributed by atoms with Crippen LogP contribution < -0.4 is 10.5 Å². The molecule has 2 aromatic carbocycles. The van der Waals surface area contributed by atoms with E-state index >= 15 is 0 Å². The van der Waals surface area contributed by atoms with Crippen LogP contribution in [0.4, 0.5) is 5.69 Å². The normalized spacial score (nSPS) is 10.7. The van der Waals surface area contributed by atoms with Gasteiger partial charge in [-0.2, -0.15) is 0 Å². The van der Waals surface area contributed by atoms with E-state index < -0.39 is 5.97 Å². The number of carboxylic acids is 1. The molecule has 0 saturated carbocycles. The van der Waals surface area contributed by atoms with Crippen LogP contribution in [-0.2, 0) is 0 Å². The highest BCUT2D eigenvalue weighted by atomic mass is 16.5. The topological polar surface area (TPSA) is 75.8 Å². The van der Waals surface area contributed by atoms with Crippen molar-refractivity contribution in [1.29, 1.82) is 0 Å². The first kappa shape index (κ1) is 15.9. The van der Waals surface area contributed by atoms with Gasteiger partial charge in [-0.25, -0.2) is 4.79 Å². The Morgan fingerprint density at radius 2 is 1.77 bits per heavy atom. The zero-order valence-corrected chi connectivity index (χ0v) is 12.7. The minimum absolute atomic E-state index is 0.118. The third-order valence-electron chi connectivity index (χ3n) is 3.28. The molecule has 0 atom stereocenters. The Bertz CT molecular complexity index is 651. The quantitative estimate of drug-likeness (QED) is 0.802. The lowest BCUT2D eigenvalue weighted by Gasteiger charge is -2.11. The Morgan fingerprint density at radius 1 is 1.14 bits per heavy atom. The third-order valence-corrected chi connectivity index (χ3v) is 3.28. The van der Waals surface area contributed by atoms with Crippen LogP contribution in [0.1, 0.15) is 10.4 Å². The summed E-state index contributed by atoms with van der Waals surface area (Å²) in [4.78, 5) is 13.0. The van der Waals surface area contributed by atoms with Crippen LogP contribution >= 0.6 is 0 Å². The van der Waals surface area contributed by atoms with Gasteiger partial charge in [-0.15, -0.1) is 0 Å². The number of likely N-dealkylation sites (N-methyl/N-ethyl adjacent to an activating group) is 1. The summed E-state index contributed by atoms with van der Waals surface area (Å²) < 4.78 is 5.64. The van der Waals surface area contributed by atoms with E-state index in [-0.39, 0.29) is 11.3 Å². The van der Waals surface area contributed by atoms with E-state index in [1.165, 1.54) is 6.07 Å². The molecule has 0 heterocycles. The zero-order valence-electron chi connectivity index (χ0n) is 12.7. The number of hydrogen-bond donors (Lipinski definition) is 2. The number of aromatic carboxylic acids is 1. The van der Waals surface area contributed by atoms with Crippen molar-refractivity contribution >= 4 is 11.7 Å². The maximum atomic E-state index is 11.0. The van der Waals surface area contributed by atoms with E-state index in [1.807, 2.05) is 38.4 Å². The van der Waals surface area contributed by atoms with Crippen molar-refractivity contribution in [2.75, 3.05) is 33.0 Å². The molecule has 0 aromatic heterocycles. The lowest BCUT2D eigenvalue weighted by Crippen LogP contribution is -2.19. The monoisotopic (exact) mass is 300 g/mol. The number of nitrogens with zero attached hydrogens (tertiary/aromatic N) is 1. The molecule has 3 N–H and O–H groups in total. The average Bonchev–Trinajstić information content (AvgIpc) is 2.47. The molecule has 116 valence electrons. The molecule has 0 aliphatic heterocycles. The number of hydrogen-bond acceptors (Lipinski definition) is 4. The summed E-state index contributed by atoms with van der Waals surface area (Å²) in [5.41, 5.74) is 7.99. The first-order valence-corrected chi connectivity index (χ1v) is 6.98. The largest absolute Gasteiger partial charge is 0.492 e. The highest BCUT2D eigenvalue weighted by Crippen LogP contribution is 2.26. The van der Waals surface area contributed by atoms with Crippen LogP contribution in [0.15, 0.2) is 42.5 Å². The maximum Gasteiger partial charge on any atom is 0.337 e. The molecule has 5 heteroatoms. The summed E-state index contributed by atoms with van der Waals surface area (Å²) in [5.74, 6) is -0.214. The molecule has 2 rings (SSSR count). The van der Waals surface area contributed by atoms with Crippen LogP contribution in [0.2, 0.25) is 0 Å². The lowest BCUT2D eigenvalue weighted by atomic mass is 10.0. The molecule has 0 aliphatic carbocycles. The van der Waals surface area contributed by atoms with Crippen molar-refractivity contribution in [2.24, 2.45) is 0 Å². The molecule has 0 bridgehead atoms. The fourth-order valence-corrected chi connectivity index (χ4v) is 2.03. The average molecular weight is 300 g/mol. The fraction of sp³-hybridized carbons (Fsp3) is 0.235. The SMILES string of the molecule is CN(C)CCOc1ccc(-c2ccc(C(=O)O)c(N)c2)cc1. The Balaban J connectivity index is 2.10. The van der Waals surface area contributed by atoms with Crippen LogP contribution in [0.5, 0.6) is 5.75 Å². The molecule has 5 nitrogen and oxygen atoms in total. The second kappa shape index (κ2) is 6.95. The summed E-state index contributed by atoms with van der Waals surface area (Å²) in [6.07, 6.45) is 0. The molecular formula is C17H20N2O3. The molecule has 0 unspecified atom stereocenters. The molecule has 0 aliphatic rings. The molecule has 0 radical (unpaired) electrons. The standard InChI is InChI=1S/C17H20N2O3/c1-19(2)9-10-22-14-6-3-12(4-7-14)13-5-8-15(17(20)21)16(18)11-13/h3-8,11H,9-10,18H2,1-2H3,(H,20,21). The summed E-state index contributed by atoms with van der Waals surface area (Å²) in [5, 5.41) is 8.98. The van der Waals surface area contributed by atoms with E-state index in [4.69, 9.17) is 15.6 Å². The van der Waals surface area contributed by atoms with Gasteiger partial charge in [0.05, 0.1) is 5.56 Å². The summed E-state index contributed by atoms with van der Waals surface area (Å²) in [6, 6.07) is 12.6. The molecule has 2 aromatic rings. The van der Waals surface area contributed by atoms with E-state index in [2.05, 4.69) is 4.90 Å².